The molecular formula is C12H16O3S. The number of esters is 1. The molecular weight excluding hydrogens is 224 g/mol. The zero-order valence-corrected chi connectivity index (χ0v) is 10.1. The maximum Gasteiger partial charge on any atom is 0.308 e. The second-order valence-corrected chi connectivity index (χ2v) is 4.38. The molecule has 88 valence electrons. The number of carbonyl (C=O) groups excluding carboxylic acids is 1. The van der Waals surface area contributed by atoms with Gasteiger partial charge in [-0.3, -0.25) is 4.79 Å². The van der Waals surface area contributed by atoms with Gasteiger partial charge in [0.05, 0.1) is 19.1 Å². The highest BCUT2D eigenvalue weighted by Crippen LogP contribution is 2.18. The molecule has 0 spiro atoms. The third-order valence-corrected chi connectivity index (χ3v) is 3.05. The number of aliphatic hydroxyl groups is 1. The smallest absolute Gasteiger partial charge is 0.308 e. The van der Waals surface area contributed by atoms with Gasteiger partial charge < -0.3 is 9.84 Å². The van der Waals surface area contributed by atoms with Gasteiger partial charge in [-0.1, -0.05) is 18.2 Å². The molecule has 0 aliphatic heterocycles. The van der Waals surface area contributed by atoms with Crippen molar-refractivity contribution in [2.45, 2.75) is 24.3 Å². The number of benzene rings is 1. The van der Waals surface area contributed by atoms with E-state index in [2.05, 4.69) is 0 Å². The Morgan fingerprint density at radius 2 is 2.12 bits per heavy atom. The first-order valence-electron chi connectivity index (χ1n) is 5.24. The van der Waals surface area contributed by atoms with Gasteiger partial charge in [-0.2, -0.15) is 0 Å². The minimum absolute atomic E-state index is 0.0632. The van der Waals surface area contributed by atoms with E-state index in [1.807, 2.05) is 30.3 Å². The zero-order chi connectivity index (χ0) is 11.8. The molecule has 3 nitrogen and oxygen atoms in total. The Bertz CT molecular complexity index is 313. The quantitative estimate of drug-likeness (QED) is 0.611. The third kappa shape index (κ3) is 5.19. The molecule has 0 radical (unpaired) electrons. The number of rotatable bonds is 6. The van der Waals surface area contributed by atoms with Crippen molar-refractivity contribution in [1.29, 1.82) is 0 Å². The minimum atomic E-state index is -0.649. The predicted octanol–water partition coefficient (Wildman–Crippen LogP) is 2.09. The van der Waals surface area contributed by atoms with Crippen molar-refractivity contribution in [2.75, 3.05) is 12.4 Å². The second-order valence-electron chi connectivity index (χ2n) is 3.29. The van der Waals surface area contributed by atoms with Crippen LogP contribution in [0.15, 0.2) is 35.2 Å². The van der Waals surface area contributed by atoms with Crippen LogP contribution in [0.4, 0.5) is 0 Å². The van der Waals surface area contributed by atoms with Crippen molar-refractivity contribution in [2.24, 2.45) is 0 Å². The summed E-state index contributed by atoms with van der Waals surface area (Å²) in [6.07, 6.45) is -0.586. The van der Waals surface area contributed by atoms with Crippen LogP contribution in [-0.2, 0) is 9.53 Å². The lowest BCUT2D eigenvalue weighted by Gasteiger charge is -2.09. The Balaban J connectivity index is 2.25. The predicted molar refractivity (Wildman–Crippen MR) is 64.4 cm³/mol. The average Bonchev–Trinajstić information content (AvgIpc) is 2.28. The van der Waals surface area contributed by atoms with E-state index in [1.165, 1.54) is 11.8 Å². The average molecular weight is 240 g/mol. The SMILES string of the molecule is CCOC(=O)C[C@@H](O)CSc1ccccc1. The van der Waals surface area contributed by atoms with Gasteiger partial charge in [0.2, 0.25) is 0 Å². The first-order valence-corrected chi connectivity index (χ1v) is 6.22. The van der Waals surface area contributed by atoms with Crippen molar-refractivity contribution >= 4 is 17.7 Å². The summed E-state index contributed by atoms with van der Waals surface area (Å²) in [5, 5.41) is 9.59. The number of aliphatic hydroxyl groups excluding tert-OH is 1. The van der Waals surface area contributed by atoms with E-state index < -0.39 is 6.10 Å². The van der Waals surface area contributed by atoms with Gasteiger partial charge >= 0.3 is 5.97 Å². The number of hydrogen-bond acceptors (Lipinski definition) is 4. The molecule has 4 heteroatoms. The summed E-state index contributed by atoms with van der Waals surface area (Å²) in [6, 6.07) is 9.78. The fourth-order valence-corrected chi connectivity index (χ4v) is 2.03. The van der Waals surface area contributed by atoms with Crippen LogP contribution in [0.5, 0.6) is 0 Å². The minimum Gasteiger partial charge on any atom is -0.466 e. The summed E-state index contributed by atoms with van der Waals surface area (Å²) < 4.78 is 4.76. The first kappa shape index (κ1) is 13.1. The van der Waals surface area contributed by atoms with Crippen molar-refractivity contribution < 1.29 is 14.6 Å². The largest absolute Gasteiger partial charge is 0.466 e. The van der Waals surface area contributed by atoms with E-state index in [4.69, 9.17) is 4.74 Å². The van der Waals surface area contributed by atoms with Crippen molar-refractivity contribution in [3.8, 4) is 0 Å². The van der Waals surface area contributed by atoms with E-state index in [9.17, 15) is 9.90 Å². The van der Waals surface area contributed by atoms with E-state index >= 15 is 0 Å². The Kier molecular flexibility index (Phi) is 5.96. The molecule has 1 N–H and O–H groups in total. The summed E-state index contributed by atoms with van der Waals surface area (Å²) >= 11 is 1.53. The van der Waals surface area contributed by atoms with E-state index in [0.29, 0.717) is 12.4 Å². The molecule has 0 amide bonds. The summed E-state index contributed by atoms with van der Waals surface area (Å²) in [5.74, 6) is 0.159. The lowest BCUT2D eigenvalue weighted by molar-refractivity contribution is -0.144. The van der Waals surface area contributed by atoms with Crippen molar-refractivity contribution in [1.82, 2.24) is 0 Å². The highest BCUT2D eigenvalue weighted by Gasteiger charge is 2.11. The molecule has 1 aromatic carbocycles. The maximum absolute atomic E-state index is 11.1. The van der Waals surface area contributed by atoms with Crippen LogP contribution < -0.4 is 0 Å². The van der Waals surface area contributed by atoms with Gasteiger partial charge in [-0.15, -0.1) is 11.8 Å². The number of hydrogen-bond donors (Lipinski definition) is 1. The van der Waals surface area contributed by atoms with E-state index in [1.54, 1.807) is 6.92 Å². The molecule has 0 fully saturated rings. The molecule has 16 heavy (non-hydrogen) atoms. The Labute approximate surface area is 99.8 Å². The van der Waals surface area contributed by atoms with Crippen LogP contribution >= 0.6 is 11.8 Å². The van der Waals surface area contributed by atoms with Gasteiger partial charge in [0.15, 0.2) is 0 Å². The van der Waals surface area contributed by atoms with Gasteiger partial charge in [0.1, 0.15) is 0 Å². The molecule has 1 atom stereocenters. The summed E-state index contributed by atoms with van der Waals surface area (Å²) in [5.41, 5.74) is 0. The number of carbonyl (C=O) groups is 1. The highest BCUT2D eigenvalue weighted by atomic mass is 32.2. The van der Waals surface area contributed by atoms with Crippen LogP contribution in [-0.4, -0.2) is 29.5 Å². The van der Waals surface area contributed by atoms with Gasteiger partial charge in [0.25, 0.3) is 0 Å². The van der Waals surface area contributed by atoms with Gasteiger partial charge in [0, 0.05) is 10.6 Å². The Morgan fingerprint density at radius 3 is 2.75 bits per heavy atom. The fourth-order valence-electron chi connectivity index (χ4n) is 1.18. The number of thioether (sulfide) groups is 1. The molecule has 0 aliphatic carbocycles. The van der Waals surface area contributed by atoms with E-state index in [-0.39, 0.29) is 12.4 Å². The van der Waals surface area contributed by atoms with Crippen LogP contribution in [0.3, 0.4) is 0 Å². The molecule has 0 unspecified atom stereocenters. The van der Waals surface area contributed by atoms with Crippen molar-refractivity contribution in [3.63, 3.8) is 0 Å². The molecule has 1 aromatic rings. The lowest BCUT2D eigenvalue weighted by atomic mass is 10.3. The monoisotopic (exact) mass is 240 g/mol. The standard InChI is InChI=1S/C12H16O3S/c1-2-15-12(14)8-10(13)9-16-11-6-4-3-5-7-11/h3-7,10,13H,2,8-9H2,1H3/t10-/m1/s1. The van der Waals surface area contributed by atoms with Crippen molar-refractivity contribution in [3.05, 3.63) is 30.3 Å². The molecule has 0 saturated heterocycles. The van der Waals surface area contributed by atoms with Crippen LogP contribution in [0.25, 0.3) is 0 Å². The normalized spacial score (nSPS) is 12.1. The molecule has 0 aliphatic rings. The number of ether oxygens (including phenoxy) is 1. The lowest BCUT2D eigenvalue weighted by Crippen LogP contribution is -2.17. The van der Waals surface area contributed by atoms with Gasteiger partial charge in [-0.05, 0) is 19.1 Å². The second kappa shape index (κ2) is 7.30. The Hall–Kier alpha value is -1.00. The summed E-state index contributed by atoms with van der Waals surface area (Å²) in [7, 11) is 0. The molecule has 0 aromatic heterocycles. The highest BCUT2D eigenvalue weighted by molar-refractivity contribution is 7.99. The third-order valence-electron chi connectivity index (χ3n) is 1.89. The summed E-state index contributed by atoms with van der Waals surface area (Å²) in [4.78, 5) is 12.2. The zero-order valence-electron chi connectivity index (χ0n) is 9.26. The molecule has 0 heterocycles. The molecule has 0 bridgehead atoms. The Morgan fingerprint density at radius 1 is 1.44 bits per heavy atom. The summed E-state index contributed by atoms with van der Waals surface area (Å²) in [6.45, 7) is 2.11. The van der Waals surface area contributed by atoms with Crippen LogP contribution in [0.1, 0.15) is 13.3 Å². The topological polar surface area (TPSA) is 46.5 Å². The van der Waals surface area contributed by atoms with Crippen LogP contribution in [0, 0.1) is 0 Å². The van der Waals surface area contributed by atoms with E-state index in [0.717, 1.165) is 4.90 Å². The first-order chi connectivity index (χ1) is 7.72. The maximum atomic E-state index is 11.1. The molecule has 0 saturated carbocycles. The molecule has 1 rings (SSSR count). The van der Waals surface area contributed by atoms with Crippen LogP contribution in [0.2, 0.25) is 0 Å². The van der Waals surface area contributed by atoms with Gasteiger partial charge in [-0.25, -0.2) is 0 Å². The fraction of sp³-hybridized carbons (Fsp3) is 0.417.